The maximum Gasteiger partial charge on any atom is 0.0588 e. The Bertz CT molecular complexity index is 1010. The highest BCUT2D eigenvalue weighted by molar-refractivity contribution is 5.94. The Morgan fingerprint density at radius 1 is 0.588 bits per heavy atom. The van der Waals surface area contributed by atoms with Crippen molar-refractivity contribution in [3.05, 3.63) is 81.2 Å². The predicted octanol–water partition coefficient (Wildman–Crippen LogP) is 7.79. The molecule has 182 valence electrons. The second-order valence-electron chi connectivity index (χ2n) is 9.50. The Hall–Kier alpha value is -3.14. The lowest BCUT2D eigenvalue weighted by Gasteiger charge is -2.14. The summed E-state index contributed by atoms with van der Waals surface area (Å²) < 4.78 is 0. The third kappa shape index (κ3) is 8.33. The molecule has 34 heavy (non-hydrogen) atoms. The van der Waals surface area contributed by atoms with Crippen LogP contribution in [0.2, 0.25) is 0 Å². The molecule has 0 bridgehead atoms. The van der Waals surface area contributed by atoms with Gasteiger partial charge in [0, 0.05) is 34.2 Å². The van der Waals surface area contributed by atoms with E-state index in [0.717, 1.165) is 22.8 Å². The average Bonchev–Trinajstić information content (AvgIpc) is 2.70. The number of aliphatic imine (C=N–C) groups is 2. The van der Waals surface area contributed by atoms with E-state index in [0.29, 0.717) is 13.1 Å². The van der Waals surface area contributed by atoms with Gasteiger partial charge in [0.2, 0.25) is 0 Å². The van der Waals surface area contributed by atoms with Gasteiger partial charge in [0.15, 0.2) is 0 Å². The topological polar surface area (TPSA) is 48.8 Å². The van der Waals surface area contributed by atoms with Crippen LogP contribution < -0.4 is 10.6 Å². The van der Waals surface area contributed by atoms with E-state index in [9.17, 15) is 0 Å². The first-order valence-corrected chi connectivity index (χ1v) is 12.0. The quantitative estimate of drug-likeness (QED) is 0.297. The van der Waals surface area contributed by atoms with Crippen molar-refractivity contribution >= 4 is 22.8 Å². The molecule has 0 unspecified atom stereocenters. The molecule has 0 spiro atoms. The van der Waals surface area contributed by atoms with E-state index in [2.05, 4.69) is 112 Å². The van der Waals surface area contributed by atoms with Crippen molar-refractivity contribution in [2.24, 2.45) is 9.98 Å². The summed E-state index contributed by atoms with van der Waals surface area (Å²) in [5.41, 5.74) is 14.1. The van der Waals surface area contributed by atoms with Crippen LogP contribution in [0.3, 0.4) is 0 Å². The molecule has 4 nitrogen and oxygen atoms in total. The third-order valence-electron chi connectivity index (χ3n) is 5.67. The minimum Gasteiger partial charge on any atom is -0.359 e. The lowest BCUT2D eigenvalue weighted by molar-refractivity contribution is 0.974. The summed E-state index contributed by atoms with van der Waals surface area (Å²) in [6.45, 7) is 22.4. The molecule has 2 rings (SSSR count). The van der Waals surface area contributed by atoms with Crippen molar-refractivity contribution < 1.29 is 0 Å². The van der Waals surface area contributed by atoms with E-state index in [4.69, 9.17) is 0 Å². The first-order chi connectivity index (χ1) is 16.0. The fourth-order valence-electron chi connectivity index (χ4n) is 4.39. The predicted molar refractivity (Wildman–Crippen MR) is 152 cm³/mol. The summed E-state index contributed by atoms with van der Waals surface area (Å²) in [6, 6.07) is 8.83. The van der Waals surface area contributed by atoms with Crippen LogP contribution in [-0.2, 0) is 0 Å². The Morgan fingerprint density at radius 3 is 1.18 bits per heavy atom. The van der Waals surface area contributed by atoms with E-state index < -0.39 is 0 Å². The molecule has 0 aliphatic carbocycles. The van der Waals surface area contributed by atoms with Gasteiger partial charge >= 0.3 is 0 Å². The number of rotatable bonds is 9. The number of hydrogen-bond donors (Lipinski definition) is 2. The molecule has 2 aromatic carbocycles. The van der Waals surface area contributed by atoms with Crippen LogP contribution in [0.15, 0.2) is 57.8 Å². The molecule has 0 radical (unpaired) electrons. The van der Waals surface area contributed by atoms with Gasteiger partial charge < -0.3 is 10.6 Å². The zero-order valence-electron chi connectivity index (χ0n) is 22.8. The molecular formula is C30H42N4. The minimum absolute atomic E-state index is 0.673. The standard InChI is InChI=1S/C30H42N4/c1-19-13-21(3)29(22(4)14-19)33-27(9)17-25(7)31-11-12-32-26(8)18-28(10)34-30-23(5)15-20(2)16-24(30)6/h13-18,33-34H,11-12H2,1-10H3. The molecule has 0 aromatic heterocycles. The van der Waals surface area contributed by atoms with Gasteiger partial charge in [-0.3, -0.25) is 9.98 Å². The lowest BCUT2D eigenvalue weighted by atomic mass is 10.0. The fourth-order valence-corrected chi connectivity index (χ4v) is 4.39. The van der Waals surface area contributed by atoms with Gasteiger partial charge in [-0.05, 0) is 104 Å². The largest absolute Gasteiger partial charge is 0.359 e. The highest BCUT2D eigenvalue weighted by Gasteiger charge is 2.05. The number of anilines is 2. The third-order valence-corrected chi connectivity index (χ3v) is 5.67. The molecule has 0 saturated carbocycles. The van der Waals surface area contributed by atoms with Crippen LogP contribution in [0.1, 0.15) is 61.1 Å². The number of benzene rings is 2. The van der Waals surface area contributed by atoms with Gasteiger partial charge in [-0.1, -0.05) is 35.4 Å². The highest BCUT2D eigenvalue weighted by atomic mass is 14.9. The van der Waals surface area contributed by atoms with Gasteiger partial charge in [-0.2, -0.15) is 0 Å². The summed E-state index contributed by atoms with van der Waals surface area (Å²) in [5, 5.41) is 7.07. The summed E-state index contributed by atoms with van der Waals surface area (Å²) >= 11 is 0. The molecule has 0 atom stereocenters. The summed E-state index contributed by atoms with van der Waals surface area (Å²) in [7, 11) is 0. The summed E-state index contributed by atoms with van der Waals surface area (Å²) in [6.07, 6.45) is 4.19. The molecule has 0 amide bonds. The van der Waals surface area contributed by atoms with E-state index >= 15 is 0 Å². The Labute approximate surface area is 207 Å². The zero-order chi connectivity index (χ0) is 25.4. The summed E-state index contributed by atoms with van der Waals surface area (Å²) in [5.74, 6) is 0. The van der Waals surface area contributed by atoms with Crippen LogP contribution in [0.5, 0.6) is 0 Å². The van der Waals surface area contributed by atoms with Gasteiger partial charge in [0.25, 0.3) is 0 Å². The average molecular weight is 459 g/mol. The van der Waals surface area contributed by atoms with E-state index in [1.807, 2.05) is 13.8 Å². The molecule has 0 saturated heterocycles. The molecule has 2 N–H and O–H groups in total. The first-order valence-electron chi connectivity index (χ1n) is 12.0. The van der Waals surface area contributed by atoms with E-state index in [1.54, 1.807) is 0 Å². The number of nitrogens with zero attached hydrogens (tertiary/aromatic N) is 2. The second-order valence-corrected chi connectivity index (χ2v) is 9.50. The van der Waals surface area contributed by atoms with E-state index in [-0.39, 0.29) is 0 Å². The lowest BCUT2D eigenvalue weighted by Crippen LogP contribution is -2.04. The maximum atomic E-state index is 4.67. The van der Waals surface area contributed by atoms with Crippen molar-refractivity contribution in [3.8, 4) is 0 Å². The Morgan fingerprint density at radius 2 is 0.882 bits per heavy atom. The smallest absolute Gasteiger partial charge is 0.0588 e. The van der Waals surface area contributed by atoms with Crippen LogP contribution in [0.4, 0.5) is 11.4 Å². The van der Waals surface area contributed by atoms with Crippen molar-refractivity contribution in [2.45, 2.75) is 69.2 Å². The zero-order valence-corrected chi connectivity index (χ0v) is 22.8. The molecule has 0 aliphatic rings. The van der Waals surface area contributed by atoms with E-state index in [1.165, 1.54) is 44.8 Å². The molecule has 2 aromatic rings. The van der Waals surface area contributed by atoms with Crippen LogP contribution in [0, 0.1) is 41.5 Å². The Kier molecular flexibility index (Phi) is 9.85. The highest BCUT2D eigenvalue weighted by Crippen LogP contribution is 2.24. The number of nitrogens with one attached hydrogen (secondary N) is 2. The first kappa shape index (κ1) is 27.1. The van der Waals surface area contributed by atoms with Crippen LogP contribution >= 0.6 is 0 Å². The van der Waals surface area contributed by atoms with Crippen molar-refractivity contribution in [2.75, 3.05) is 23.7 Å². The van der Waals surface area contributed by atoms with Crippen molar-refractivity contribution in [3.63, 3.8) is 0 Å². The van der Waals surface area contributed by atoms with Gasteiger partial charge in [-0.15, -0.1) is 0 Å². The number of allylic oxidation sites excluding steroid dienone is 4. The fraction of sp³-hybridized carbons (Fsp3) is 0.400. The molecule has 0 fully saturated rings. The monoisotopic (exact) mass is 458 g/mol. The molecule has 0 aliphatic heterocycles. The Balaban J connectivity index is 1.93. The molecule has 0 heterocycles. The maximum absolute atomic E-state index is 4.67. The van der Waals surface area contributed by atoms with Gasteiger partial charge in [-0.25, -0.2) is 0 Å². The van der Waals surface area contributed by atoms with Gasteiger partial charge in [0.05, 0.1) is 13.1 Å². The summed E-state index contributed by atoms with van der Waals surface area (Å²) in [4.78, 5) is 9.34. The molecule has 4 heteroatoms. The number of aryl methyl sites for hydroxylation is 6. The van der Waals surface area contributed by atoms with Crippen molar-refractivity contribution in [1.29, 1.82) is 0 Å². The second kappa shape index (κ2) is 12.4. The normalized spacial score (nSPS) is 13.4. The minimum atomic E-state index is 0.673. The molecular weight excluding hydrogens is 416 g/mol. The van der Waals surface area contributed by atoms with Crippen LogP contribution in [-0.4, -0.2) is 24.5 Å². The van der Waals surface area contributed by atoms with Gasteiger partial charge in [0.1, 0.15) is 0 Å². The van der Waals surface area contributed by atoms with Crippen LogP contribution in [0.25, 0.3) is 0 Å². The van der Waals surface area contributed by atoms with Crippen molar-refractivity contribution in [1.82, 2.24) is 0 Å². The number of hydrogen-bond acceptors (Lipinski definition) is 4. The SMILES string of the molecule is CC(=CC(C)=NCCN=C(C)C=C(C)Nc1c(C)cc(C)cc1C)Nc1c(C)cc(C)cc1C.